The number of halogens is 1. The molecule has 2 N–H and O–H groups in total. The van der Waals surface area contributed by atoms with E-state index in [1.807, 2.05) is 7.05 Å². The highest BCUT2D eigenvalue weighted by atomic mass is 32.1. The van der Waals surface area contributed by atoms with Gasteiger partial charge in [-0.2, -0.15) is 5.10 Å². The monoisotopic (exact) mass is 301 g/mol. The lowest BCUT2D eigenvalue weighted by atomic mass is 10.0. The minimum Gasteiger partial charge on any atom is -0.383 e. The smallest absolute Gasteiger partial charge is 0.129 e. The number of nitrogen functional groups attached to an aromatic ring is 1. The highest BCUT2D eigenvalue weighted by Gasteiger charge is 2.18. The maximum Gasteiger partial charge on any atom is 0.129 e. The molecule has 0 amide bonds. The maximum absolute atomic E-state index is 13.1. The third kappa shape index (κ3) is 2.45. The summed E-state index contributed by atoms with van der Waals surface area (Å²) < 4.78 is 14.8. The average molecular weight is 301 g/mol. The number of benzene rings is 1. The summed E-state index contributed by atoms with van der Waals surface area (Å²) in [5.74, 6) is 0.329. The molecule has 3 aromatic rings. The van der Waals surface area contributed by atoms with E-state index < -0.39 is 0 Å². The van der Waals surface area contributed by atoms with Gasteiger partial charge < -0.3 is 5.73 Å². The highest BCUT2D eigenvalue weighted by molar-refractivity contribution is 7.15. The number of hydrogen-bond donors (Lipinski definition) is 1. The molecule has 2 aromatic heterocycles. The van der Waals surface area contributed by atoms with Gasteiger partial charge in [-0.25, -0.2) is 4.39 Å². The molecule has 3 rings (SSSR count). The van der Waals surface area contributed by atoms with Gasteiger partial charge in [0.15, 0.2) is 0 Å². The Morgan fingerprint density at radius 3 is 2.52 bits per heavy atom. The Morgan fingerprint density at radius 1 is 1.19 bits per heavy atom. The van der Waals surface area contributed by atoms with E-state index in [0.717, 1.165) is 28.1 Å². The zero-order valence-corrected chi connectivity index (χ0v) is 12.7. The Labute approximate surface area is 126 Å². The van der Waals surface area contributed by atoms with Crippen molar-refractivity contribution < 1.29 is 4.39 Å². The number of nitrogens with zero attached hydrogens (tertiary/aromatic N) is 2. The van der Waals surface area contributed by atoms with Crippen LogP contribution in [-0.4, -0.2) is 9.78 Å². The molecular weight excluding hydrogens is 285 g/mol. The molecule has 0 aliphatic heterocycles. The van der Waals surface area contributed by atoms with E-state index in [9.17, 15) is 4.39 Å². The lowest BCUT2D eigenvalue weighted by Gasteiger charge is -2.03. The molecule has 0 saturated carbocycles. The van der Waals surface area contributed by atoms with Crippen LogP contribution in [0.5, 0.6) is 0 Å². The predicted octanol–water partition coefficient (Wildman–Crippen LogP) is 4.10. The van der Waals surface area contributed by atoms with Crippen LogP contribution in [0.2, 0.25) is 0 Å². The fourth-order valence-corrected chi connectivity index (χ4v) is 3.24. The van der Waals surface area contributed by atoms with Crippen LogP contribution in [-0.2, 0) is 13.5 Å². The van der Waals surface area contributed by atoms with Crippen molar-refractivity contribution in [1.82, 2.24) is 9.78 Å². The largest absolute Gasteiger partial charge is 0.383 e. The minimum atomic E-state index is -0.257. The van der Waals surface area contributed by atoms with Gasteiger partial charge in [-0.05, 0) is 36.2 Å². The Kier molecular flexibility index (Phi) is 3.51. The molecule has 2 heterocycles. The summed E-state index contributed by atoms with van der Waals surface area (Å²) in [7, 11) is 1.82. The van der Waals surface area contributed by atoms with Crippen LogP contribution in [0.3, 0.4) is 0 Å². The Bertz CT molecular complexity index is 771. The van der Waals surface area contributed by atoms with E-state index in [1.165, 1.54) is 17.0 Å². The summed E-state index contributed by atoms with van der Waals surface area (Å²) >= 11 is 1.71. The maximum atomic E-state index is 13.1. The van der Waals surface area contributed by atoms with Gasteiger partial charge in [0.1, 0.15) is 17.3 Å². The third-order valence-corrected chi connectivity index (χ3v) is 4.70. The SMILES string of the molecule is CCc1ccc(-c2nn(C)c(N)c2-c2ccc(F)cc2)s1. The van der Waals surface area contributed by atoms with Gasteiger partial charge in [-0.3, -0.25) is 4.68 Å². The first-order valence-corrected chi connectivity index (χ1v) is 7.59. The van der Waals surface area contributed by atoms with E-state index in [1.54, 1.807) is 28.2 Å². The predicted molar refractivity (Wildman–Crippen MR) is 85.7 cm³/mol. The number of thiophene rings is 1. The molecule has 21 heavy (non-hydrogen) atoms. The van der Waals surface area contributed by atoms with Gasteiger partial charge in [0.25, 0.3) is 0 Å². The van der Waals surface area contributed by atoms with Crippen LogP contribution in [0, 0.1) is 5.82 Å². The van der Waals surface area contributed by atoms with Crippen LogP contribution in [0.1, 0.15) is 11.8 Å². The molecule has 0 spiro atoms. The van der Waals surface area contributed by atoms with Crippen molar-refractivity contribution in [2.24, 2.45) is 7.05 Å². The van der Waals surface area contributed by atoms with Crippen molar-refractivity contribution in [3.63, 3.8) is 0 Å². The van der Waals surface area contributed by atoms with E-state index in [0.29, 0.717) is 5.82 Å². The van der Waals surface area contributed by atoms with Crippen molar-refractivity contribution in [3.8, 4) is 21.7 Å². The highest BCUT2D eigenvalue weighted by Crippen LogP contribution is 2.38. The molecule has 0 radical (unpaired) electrons. The van der Waals surface area contributed by atoms with Crippen molar-refractivity contribution in [3.05, 3.63) is 47.1 Å². The molecule has 0 aliphatic rings. The molecular formula is C16H16FN3S. The van der Waals surface area contributed by atoms with Gasteiger partial charge in [0.05, 0.1) is 10.4 Å². The fourth-order valence-electron chi connectivity index (χ4n) is 2.31. The second kappa shape index (κ2) is 5.33. The normalized spacial score (nSPS) is 11.0. The number of rotatable bonds is 3. The molecule has 0 atom stereocenters. The fraction of sp³-hybridized carbons (Fsp3) is 0.188. The molecule has 0 aliphatic carbocycles. The van der Waals surface area contributed by atoms with Gasteiger partial charge >= 0.3 is 0 Å². The second-order valence-electron chi connectivity index (χ2n) is 4.86. The molecule has 0 saturated heterocycles. The first-order valence-electron chi connectivity index (χ1n) is 6.77. The first-order chi connectivity index (χ1) is 10.1. The molecule has 108 valence electrons. The van der Waals surface area contributed by atoms with Crippen molar-refractivity contribution >= 4 is 17.2 Å². The molecule has 5 heteroatoms. The molecule has 3 nitrogen and oxygen atoms in total. The lowest BCUT2D eigenvalue weighted by Crippen LogP contribution is -1.97. The van der Waals surface area contributed by atoms with E-state index in [2.05, 4.69) is 24.2 Å². The van der Waals surface area contributed by atoms with Crippen LogP contribution < -0.4 is 5.73 Å². The Balaban J connectivity index is 2.17. The van der Waals surface area contributed by atoms with Gasteiger partial charge in [-0.1, -0.05) is 19.1 Å². The summed E-state index contributed by atoms with van der Waals surface area (Å²) in [5.41, 5.74) is 8.76. The minimum absolute atomic E-state index is 0.257. The van der Waals surface area contributed by atoms with Crippen molar-refractivity contribution in [2.75, 3.05) is 5.73 Å². The average Bonchev–Trinajstić information content (AvgIpc) is 3.06. The van der Waals surface area contributed by atoms with Crippen LogP contribution in [0.25, 0.3) is 21.7 Å². The van der Waals surface area contributed by atoms with Crippen molar-refractivity contribution in [2.45, 2.75) is 13.3 Å². The zero-order valence-electron chi connectivity index (χ0n) is 11.9. The van der Waals surface area contributed by atoms with Gasteiger partial charge in [0, 0.05) is 11.9 Å². The lowest BCUT2D eigenvalue weighted by molar-refractivity contribution is 0.628. The first kappa shape index (κ1) is 13.8. The van der Waals surface area contributed by atoms with Gasteiger partial charge in [-0.15, -0.1) is 11.3 Å². The third-order valence-electron chi connectivity index (χ3n) is 3.47. The van der Waals surface area contributed by atoms with Gasteiger partial charge in [0.2, 0.25) is 0 Å². The molecule has 0 unspecified atom stereocenters. The molecule has 0 bridgehead atoms. The summed E-state index contributed by atoms with van der Waals surface area (Å²) in [6.45, 7) is 2.13. The number of nitrogens with two attached hydrogens (primary N) is 1. The van der Waals surface area contributed by atoms with E-state index >= 15 is 0 Å². The number of aryl methyl sites for hydroxylation is 2. The number of anilines is 1. The summed E-state index contributed by atoms with van der Waals surface area (Å²) in [6, 6.07) is 10.5. The van der Waals surface area contributed by atoms with Crippen LogP contribution in [0.15, 0.2) is 36.4 Å². The zero-order chi connectivity index (χ0) is 15.0. The van der Waals surface area contributed by atoms with Crippen LogP contribution in [0.4, 0.5) is 10.2 Å². The van der Waals surface area contributed by atoms with Crippen molar-refractivity contribution in [1.29, 1.82) is 0 Å². The Hall–Kier alpha value is -2.14. The summed E-state index contributed by atoms with van der Waals surface area (Å²) in [4.78, 5) is 2.39. The van der Waals surface area contributed by atoms with Crippen LogP contribution >= 0.6 is 11.3 Å². The summed E-state index contributed by atoms with van der Waals surface area (Å²) in [6.07, 6.45) is 0.999. The quantitative estimate of drug-likeness (QED) is 0.791. The van der Waals surface area contributed by atoms with E-state index in [4.69, 9.17) is 5.73 Å². The second-order valence-corrected chi connectivity index (χ2v) is 6.03. The standard InChI is InChI=1S/C16H16FN3S/c1-3-12-8-9-13(21-12)15-14(16(18)20(2)19-15)10-4-6-11(17)7-5-10/h4-9H,3,18H2,1-2H3. The molecule has 0 fully saturated rings. The topological polar surface area (TPSA) is 43.8 Å². The van der Waals surface area contributed by atoms with E-state index in [-0.39, 0.29) is 5.82 Å². The number of hydrogen-bond acceptors (Lipinski definition) is 3. The molecule has 1 aromatic carbocycles. The number of aromatic nitrogens is 2. The Morgan fingerprint density at radius 2 is 1.90 bits per heavy atom. The summed E-state index contributed by atoms with van der Waals surface area (Å²) in [5, 5.41) is 4.54.